The number of hydrogen-bond donors (Lipinski definition) is 1. The van der Waals surface area contributed by atoms with Gasteiger partial charge in [0, 0.05) is 52.5 Å². The van der Waals surface area contributed by atoms with Crippen LogP contribution in [0.2, 0.25) is 5.02 Å². The molecule has 1 N–H and O–H groups in total. The molecule has 2 bridgehead atoms. The van der Waals surface area contributed by atoms with Gasteiger partial charge in [-0.1, -0.05) is 43.1 Å². The van der Waals surface area contributed by atoms with Crippen molar-refractivity contribution in [3.63, 3.8) is 0 Å². The van der Waals surface area contributed by atoms with Crippen LogP contribution >= 0.6 is 11.6 Å². The van der Waals surface area contributed by atoms with Gasteiger partial charge in [0.1, 0.15) is 0 Å². The van der Waals surface area contributed by atoms with Crippen LogP contribution in [0.4, 0.5) is 5.69 Å². The lowest BCUT2D eigenvalue weighted by Crippen LogP contribution is -2.27. The van der Waals surface area contributed by atoms with E-state index in [2.05, 4.69) is 15.4 Å². The van der Waals surface area contributed by atoms with Gasteiger partial charge in [-0.2, -0.15) is 5.10 Å². The third-order valence-corrected chi connectivity index (χ3v) is 7.64. The average Bonchev–Trinajstić information content (AvgIpc) is 3.30. The molecule has 0 fully saturated rings. The Labute approximate surface area is 230 Å². The highest BCUT2D eigenvalue weighted by molar-refractivity contribution is 6.31. The molecule has 39 heavy (non-hydrogen) atoms. The predicted octanol–water partition coefficient (Wildman–Crippen LogP) is 5.86. The number of benzene rings is 2. The van der Waals surface area contributed by atoms with E-state index in [-0.39, 0.29) is 23.4 Å². The zero-order valence-corrected chi connectivity index (χ0v) is 22.4. The van der Waals surface area contributed by atoms with Crippen molar-refractivity contribution in [2.45, 2.75) is 32.2 Å². The first kappa shape index (κ1) is 25.0. The summed E-state index contributed by atoms with van der Waals surface area (Å²) in [5.74, 6) is -0.189. The first-order valence-corrected chi connectivity index (χ1v) is 13.3. The van der Waals surface area contributed by atoms with Crippen molar-refractivity contribution in [2.24, 2.45) is 13.0 Å². The number of hydrogen-bond acceptors (Lipinski definition) is 5. The minimum absolute atomic E-state index is 0.0139. The maximum Gasteiger partial charge on any atom is 0.254 e. The third-order valence-electron chi connectivity index (χ3n) is 7.43. The molecule has 0 saturated heterocycles. The van der Waals surface area contributed by atoms with Gasteiger partial charge in [-0.3, -0.25) is 23.8 Å². The van der Waals surface area contributed by atoms with E-state index in [1.54, 1.807) is 34.0 Å². The van der Waals surface area contributed by atoms with Crippen LogP contribution in [0.5, 0.6) is 0 Å². The predicted molar refractivity (Wildman–Crippen MR) is 153 cm³/mol. The number of rotatable bonds is 2. The maximum atomic E-state index is 13.6. The minimum atomic E-state index is -0.336. The molecule has 5 aromatic rings. The molecular formula is C30H27ClN6O2. The number of carbonyl (C=O) groups excluding carboxylic acids is 1. The average molecular weight is 539 g/mol. The fraction of sp³-hybridized carbons (Fsp3) is 0.233. The van der Waals surface area contributed by atoms with Crippen LogP contribution in [0, 0.1) is 5.92 Å². The van der Waals surface area contributed by atoms with Crippen molar-refractivity contribution >= 4 is 34.1 Å². The number of anilines is 1. The maximum absolute atomic E-state index is 13.6. The normalized spacial score (nSPS) is 17.7. The summed E-state index contributed by atoms with van der Waals surface area (Å²) in [6.07, 6.45) is 7.16. The molecule has 0 unspecified atom stereocenters. The van der Waals surface area contributed by atoms with Gasteiger partial charge in [-0.25, -0.2) is 4.98 Å². The number of aryl methyl sites for hydroxylation is 1. The van der Waals surface area contributed by atoms with Crippen LogP contribution in [-0.2, 0) is 11.8 Å². The molecule has 3 aromatic heterocycles. The van der Waals surface area contributed by atoms with Crippen molar-refractivity contribution < 1.29 is 4.79 Å². The molecule has 2 atom stereocenters. The van der Waals surface area contributed by atoms with Gasteiger partial charge in [-0.05, 0) is 48.7 Å². The number of pyridine rings is 1. The molecule has 1 amide bonds. The Hall–Kier alpha value is -4.30. The summed E-state index contributed by atoms with van der Waals surface area (Å²) in [7, 11) is 1.85. The number of nitrogens with zero attached hydrogens (tertiary/aromatic N) is 5. The van der Waals surface area contributed by atoms with E-state index >= 15 is 0 Å². The molecule has 1 aliphatic rings. The monoisotopic (exact) mass is 538 g/mol. The van der Waals surface area contributed by atoms with Crippen molar-refractivity contribution in [3.05, 3.63) is 94.4 Å². The van der Waals surface area contributed by atoms with E-state index in [9.17, 15) is 9.59 Å². The highest BCUT2D eigenvalue weighted by Gasteiger charge is 2.23. The lowest BCUT2D eigenvalue weighted by molar-refractivity contribution is -0.119. The van der Waals surface area contributed by atoms with E-state index in [0.717, 1.165) is 45.4 Å². The first-order valence-electron chi connectivity index (χ1n) is 12.9. The summed E-state index contributed by atoms with van der Waals surface area (Å²) in [4.78, 5) is 35.9. The largest absolute Gasteiger partial charge is 0.325 e. The number of nitrogens with one attached hydrogen (secondary N) is 1. The smallest absolute Gasteiger partial charge is 0.254 e. The van der Waals surface area contributed by atoms with Gasteiger partial charge in [0.2, 0.25) is 5.91 Å². The number of aromatic nitrogens is 5. The zero-order chi connectivity index (χ0) is 27.1. The van der Waals surface area contributed by atoms with Gasteiger partial charge in [0.15, 0.2) is 0 Å². The van der Waals surface area contributed by atoms with E-state index in [1.165, 1.54) is 0 Å². The first-order chi connectivity index (χ1) is 18.9. The molecule has 6 rings (SSSR count). The van der Waals surface area contributed by atoms with Gasteiger partial charge < -0.3 is 5.32 Å². The molecule has 0 spiro atoms. The number of amides is 1. The fourth-order valence-corrected chi connectivity index (χ4v) is 5.58. The third kappa shape index (κ3) is 4.72. The minimum Gasteiger partial charge on any atom is -0.325 e. The summed E-state index contributed by atoms with van der Waals surface area (Å²) in [5, 5.41) is 8.86. The van der Waals surface area contributed by atoms with Crippen LogP contribution in [-0.4, -0.2) is 30.2 Å². The second kappa shape index (κ2) is 10.1. The second-order valence-corrected chi connectivity index (χ2v) is 10.5. The van der Waals surface area contributed by atoms with Crippen LogP contribution < -0.4 is 10.9 Å². The van der Waals surface area contributed by atoms with E-state index in [4.69, 9.17) is 16.6 Å². The molecule has 196 valence electrons. The van der Waals surface area contributed by atoms with Crippen LogP contribution in [0.15, 0.2) is 78.1 Å². The molecule has 0 saturated carbocycles. The van der Waals surface area contributed by atoms with Crippen molar-refractivity contribution in [1.29, 1.82) is 0 Å². The van der Waals surface area contributed by atoms with Gasteiger partial charge in [-0.15, -0.1) is 0 Å². The van der Waals surface area contributed by atoms with Crippen LogP contribution in [0.25, 0.3) is 33.3 Å². The quantitative estimate of drug-likeness (QED) is 0.304. The fourth-order valence-electron chi connectivity index (χ4n) is 5.35. The van der Waals surface area contributed by atoms with Crippen LogP contribution in [0.3, 0.4) is 0 Å². The molecule has 4 heterocycles. The molecule has 8 nitrogen and oxygen atoms in total. The summed E-state index contributed by atoms with van der Waals surface area (Å²) < 4.78 is 3.40. The SMILES string of the molecule is C[C@@H]1CCC[C@H](n2cnc(-c3cc(Cl)cc4cnn(C)c34)cc2=O)c2cc(ccn2)-c2ccccc2NC1=O. The van der Waals surface area contributed by atoms with Gasteiger partial charge in [0.25, 0.3) is 5.56 Å². The zero-order valence-electron chi connectivity index (χ0n) is 21.6. The van der Waals surface area contributed by atoms with Crippen LogP contribution in [0.1, 0.15) is 37.9 Å². The highest BCUT2D eigenvalue weighted by atomic mass is 35.5. The molecular weight excluding hydrogens is 512 g/mol. The number of para-hydroxylation sites is 1. The summed E-state index contributed by atoms with van der Waals surface area (Å²) >= 11 is 6.37. The standard InChI is InChI=1S/C30H27ClN6O2/c1-18-6-5-9-27(26-13-19(10-11-32-26)22-7-3-4-8-24(22)35-30(18)39)37-17-33-25(15-28(37)38)23-14-21(31)12-20-16-34-36(2)29(20)23/h3-4,7-8,10-18,27H,5-6,9H2,1-2H3,(H,35,39)/t18-,27+/m1/s1. The summed E-state index contributed by atoms with van der Waals surface area (Å²) in [5.41, 5.74) is 5.30. The van der Waals surface area contributed by atoms with Crippen molar-refractivity contribution in [2.75, 3.05) is 5.32 Å². The molecule has 1 aliphatic heterocycles. The topological polar surface area (TPSA) is 94.7 Å². The Balaban J connectivity index is 1.45. The van der Waals surface area contributed by atoms with Crippen molar-refractivity contribution in [3.8, 4) is 22.4 Å². The Morgan fingerprint density at radius 3 is 2.69 bits per heavy atom. The number of carbonyl (C=O) groups is 1. The summed E-state index contributed by atoms with van der Waals surface area (Å²) in [6, 6.07) is 16.5. The van der Waals surface area contributed by atoms with E-state index in [1.807, 2.05) is 62.5 Å². The molecule has 2 aromatic carbocycles. The lowest BCUT2D eigenvalue weighted by Gasteiger charge is -2.22. The number of fused-ring (bicyclic) bond motifs is 5. The second-order valence-electron chi connectivity index (χ2n) is 10.0. The molecule has 0 aliphatic carbocycles. The Morgan fingerprint density at radius 2 is 1.85 bits per heavy atom. The van der Waals surface area contributed by atoms with E-state index < -0.39 is 0 Å². The Bertz CT molecular complexity index is 1780. The van der Waals surface area contributed by atoms with Gasteiger partial charge in [0.05, 0.1) is 35.5 Å². The van der Waals surface area contributed by atoms with Gasteiger partial charge >= 0.3 is 0 Å². The van der Waals surface area contributed by atoms with E-state index in [0.29, 0.717) is 23.6 Å². The molecule has 9 heteroatoms. The molecule has 0 radical (unpaired) electrons. The number of halogens is 1. The Morgan fingerprint density at radius 1 is 1.00 bits per heavy atom. The lowest BCUT2D eigenvalue weighted by atomic mass is 9.95. The Kier molecular flexibility index (Phi) is 6.48. The highest BCUT2D eigenvalue weighted by Crippen LogP contribution is 2.33. The summed E-state index contributed by atoms with van der Waals surface area (Å²) in [6.45, 7) is 1.93. The van der Waals surface area contributed by atoms with Crippen molar-refractivity contribution in [1.82, 2.24) is 24.3 Å².